The first-order valence-corrected chi connectivity index (χ1v) is 6.75. The van der Waals surface area contributed by atoms with Gasteiger partial charge in [0.2, 0.25) is 5.88 Å². The molecule has 0 amide bonds. The van der Waals surface area contributed by atoms with E-state index in [-0.39, 0.29) is 0 Å². The summed E-state index contributed by atoms with van der Waals surface area (Å²) in [6, 6.07) is 0. The van der Waals surface area contributed by atoms with Crippen molar-refractivity contribution in [2.75, 3.05) is 50.5 Å². The first kappa shape index (κ1) is 14.8. The highest BCUT2D eigenvalue weighted by molar-refractivity contribution is 5.67. The van der Waals surface area contributed by atoms with E-state index in [1.165, 1.54) is 6.33 Å². The highest BCUT2D eigenvalue weighted by Gasteiger charge is 2.24. The van der Waals surface area contributed by atoms with E-state index in [4.69, 9.17) is 10.5 Å². The molecule has 1 aliphatic heterocycles. The first-order chi connectivity index (χ1) is 9.40. The van der Waals surface area contributed by atoms with Crippen LogP contribution in [0.4, 0.5) is 11.5 Å². The van der Waals surface area contributed by atoms with E-state index in [0.717, 1.165) is 32.0 Å². The fourth-order valence-electron chi connectivity index (χ4n) is 2.45. The van der Waals surface area contributed by atoms with Crippen LogP contribution in [0.25, 0.3) is 0 Å². The van der Waals surface area contributed by atoms with Crippen molar-refractivity contribution in [1.82, 2.24) is 14.9 Å². The van der Waals surface area contributed by atoms with Crippen molar-refractivity contribution in [2.24, 2.45) is 0 Å². The van der Waals surface area contributed by atoms with Gasteiger partial charge in [-0.3, -0.25) is 4.90 Å². The average molecular weight is 281 g/mol. The van der Waals surface area contributed by atoms with Gasteiger partial charge in [0.05, 0.1) is 12.7 Å². The summed E-state index contributed by atoms with van der Waals surface area (Å²) in [4.78, 5) is 12.6. The Balaban J connectivity index is 2.01. The lowest BCUT2D eigenvalue weighted by atomic mass is 10.1. The minimum atomic E-state index is -0.667. The summed E-state index contributed by atoms with van der Waals surface area (Å²) in [5, 5.41) is 9.85. The summed E-state index contributed by atoms with van der Waals surface area (Å²) >= 11 is 0. The summed E-state index contributed by atoms with van der Waals surface area (Å²) in [6.07, 6.45) is 1.47. The maximum absolute atomic E-state index is 9.85. The van der Waals surface area contributed by atoms with Crippen molar-refractivity contribution in [3.05, 3.63) is 6.33 Å². The van der Waals surface area contributed by atoms with Crippen LogP contribution in [0.2, 0.25) is 0 Å². The number of aliphatic hydroxyl groups is 1. The Kier molecular flexibility index (Phi) is 4.29. The third-order valence-corrected chi connectivity index (χ3v) is 3.30. The van der Waals surface area contributed by atoms with Gasteiger partial charge in [-0.25, -0.2) is 4.98 Å². The Hall–Kier alpha value is -1.60. The summed E-state index contributed by atoms with van der Waals surface area (Å²) in [7, 11) is 1.55. The molecule has 0 unspecified atom stereocenters. The summed E-state index contributed by atoms with van der Waals surface area (Å²) in [6.45, 7) is 7.70. The van der Waals surface area contributed by atoms with E-state index < -0.39 is 5.60 Å². The monoisotopic (exact) mass is 281 g/mol. The maximum atomic E-state index is 9.85. The lowest BCUT2D eigenvalue weighted by Crippen LogP contribution is -2.50. The van der Waals surface area contributed by atoms with Crippen LogP contribution in [-0.4, -0.2) is 65.4 Å². The van der Waals surface area contributed by atoms with Crippen molar-refractivity contribution < 1.29 is 9.84 Å². The van der Waals surface area contributed by atoms with Gasteiger partial charge in [-0.05, 0) is 13.8 Å². The van der Waals surface area contributed by atoms with Gasteiger partial charge in [0.15, 0.2) is 5.82 Å². The van der Waals surface area contributed by atoms with Gasteiger partial charge < -0.3 is 20.5 Å². The molecular formula is C13H23N5O2. The molecule has 0 spiro atoms. The number of hydrogen-bond acceptors (Lipinski definition) is 7. The number of nitrogens with zero attached hydrogens (tertiary/aromatic N) is 4. The van der Waals surface area contributed by atoms with Gasteiger partial charge in [0.25, 0.3) is 0 Å². The van der Waals surface area contributed by atoms with E-state index in [0.29, 0.717) is 18.1 Å². The van der Waals surface area contributed by atoms with Crippen LogP contribution in [0.5, 0.6) is 5.88 Å². The van der Waals surface area contributed by atoms with Crippen molar-refractivity contribution in [3.8, 4) is 5.88 Å². The van der Waals surface area contributed by atoms with E-state index in [9.17, 15) is 5.11 Å². The van der Waals surface area contributed by atoms with Crippen molar-refractivity contribution in [2.45, 2.75) is 19.4 Å². The maximum Gasteiger partial charge on any atom is 0.242 e. The Bertz CT molecular complexity index is 453. The fraction of sp³-hybridized carbons (Fsp3) is 0.692. The highest BCUT2D eigenvalue weighted by Crippen LogP contribution is 2.28. The average Bonchev–Trinajstić information content (AvgIpc) is 2.38. The molecule has 20 heavy (non-hydrogen) atoms. The molecule has 0 bridgehead atoms. The second-order valence-electron chi connectivity index (χ2n) is 5.70. The van der Waals surface area contributed by atoms with Crippen LogP contribution in [-0.2, 0) is 0 Å². The lowest BCUT2D eigenvalue weighted by Gasteiger charge is -2.38. The van der Waals surface area contributed by atoms with Crippen molar-refractivity contribution in [1.29, 1.82) is 0 Å². The van der Waals surface area contributed by atoms with E-state index in [1.54, 1.807) is 7.11 Å². The number of hydrogen-bond donors (Lipinski definition) is 2. The molecule has 1 aromatic heterocycles. The zero-order chi connectivity index (χ0) is 14.8. The number of β-amino-alcohol motifs (C(OH)–C–C–N with tert-alkyl or cyclic N) is 1. The minimum Gasteiger partial charge on any atom is -0.479 e. The third kappa shape index (κ3) is 3.49. The molecule has 0 atom stereocenters. The zero-order valence-electron chi connectivity index (χ0n) is 12.3. The molecule has 0 aromatic carbocycles. The van der Waals surface area contributed by atoms with Crippen molar-refractivity contribution >= 4 is 11.5 Å². The number of anilines is 2. The summed E-state index contributed by atoms with van der Waals surface area (Å²) in [5.41, 5.74) is 5.83. The van der Waals surface area contributed by atoms with Crippen LogP contribution < -0.4 is 15.4 Å². The molecule has 1 saturated heterocycles. The zero-order valence-corrected chi connectivity index (χ0v) is 12.3. The molecule has 2 heterocycles. The Morgan fingerprint density at radius 2 is 1.95 bits per heavy atom. The molecule has 112 valence electrons. The molecule has 1 aliphatic rings. The third-order valence-electron chi connectivity index (χ3n) is 3.30. The highest BCUT2D eigenvalue weighted by atomic mass is 16.5. The van der Waals surface area contributed by atoms with Gasteiger partial charge in [-0.15, -0.1) is 0 Å². The van der Waals surface area contributed by atoms with Crippen LogP contribution in [0, 0.1) is 0 Å². The Labute approximate surface area is 119 Å². The number of nitrogens with two attached hydrogens (primary N) is 1. The van der Waals surface area contributed by atoms with Crippen LogP contribution in [0.3, 0.4) is 0 Å². The number of rotatable bonds is 4. The molecule has 1 aromatic rings. The van der Waals surface area contributed by atoms with Gasteiger partial charge >= 0.3 is 0 Å². The predicted octanol–water partition coefficient (Wildman–Crippen LogP) is -0.0397. The standard InChI is InChI=1S/C13H23N5O2/c1-13(2,19)8-17-4-6-18(7-5-17)11-10(14)12(20-3)16-9-15-11/h9,19H,4-8,14H2,1-3H3. The number of aromatic nitrogens is 2. The quantitative estimate of drug-likeness (QED) is 0.800. The van der Waals surface area contributed by atoms with E-state index in [1.807, 2.05) is 13.8 Å². The van der Waals surface area contributed by atoms with Gasteiger partial charge in [0.1, 0.15) is 12.0 Å². The second kappa shape index (κ2) is 5.80. The molecule has 0 saturated carbocycles. The molecular weight excluding hydrogens is 258 g/mol. The first-order valence-electron chi connectivity index (χ1n) is 6.75. The van der Waals surface area contributed by atoms with Crippen molar-refractivity contribution in [3.63, 3.8) is 0 Å². The van der Waals surface area contributed by atoms with Crippen LogP contribution in [0.15, 0.2) is 6.33 Å². The van der Waals surface area contributed by atoms with Crippen LogP contribution >= 0.6 is 0 Å². The second-order valence-corrected chi connectivity index (χ2v) is 5.70. The van der Waals surface area contributed by atoms with E-state index >= 15 is 0 Å². The molecule has 0 radical (unpaired) electrons. The van der Waals surface area contributed by atoms with Gasteiger partial charge in [0, 0.05) is 32.7 Å². The van der Waals surface area contributed by atoms with Gasteiger partial charge in [-0.1, -0.05) is 0 Å². The van der Waals surface area contributed by atoms with Crippen LogP contribution in [0.1, 0.15) is 13.8 Å². The smallest absolute Gasteiger partial charge is 0.242 e. The number of nitrogen functional groups attached to an aromatic ring is 1. The molecule has 2 rings (SSSR count). The molecule has 0 aliphatic carbocycles. The molecule has 7 nitrogen and oxygen atoms in total. The number of methoxy groups -OCH3 is 1. The Morgan fingerprint density at radius 3 is 2.50 bits per heavy atom. The normalized spacial score (nSPS) is 17.3. The van der Waals surface area contributed by atoms with Gasteiger partial charge in [-0.2, -0.15) is 4.98 Å². The Morgan fingerprint density at radius 1 is 1.30 bits per heavy atom. The fourth-order valence-corrected chi connectivity index (χ4v) is 2.45. The number of piperazine rings is 1. The SMILES string of the molecule is COc1ncnc(N2CCN(CC(C)(C)O)CC2)c1N. The number of ether oxygens (including phenoxy) is 1. The predicted molar refractivity (Wildman–Crippen MR) is 77.9 cm³/mol. The minimum absolute atomic E-state index is 0.411. The largest absolute Gasteiger partial charge is 0.479 e. The topological polar surface area (TPSA) is 87.7 Å². The molecule has 1 fully saturated rings. The lowest BCUT2D eigenvalue weighted by molar-refractivity contribution is 0.0345. The summed E-state index contributed by atoms with van der Waals surface area (Å²) < 4.78 is 5.12. The molecule has 3 N–H and O–H groups in total. The van der Waals surface area contributed by atoms with E-state index in [2.05, 4.69) is 19.8 Å². The molecule has 7 heteroatoms. The summed E-state index contributed by atoms with van der Waals surface area (Å²) in [5.74, 6) is 1.13.